The van der Waals surface area contributed by atoms with Gasteiger partial charge in [0.15, 0.2) is 0 Å². The predicted octanol–water partition coefficient (Wildman–Crippen LogP) is 1.83. The van der Waals surface area contributed by atoms with E-state index in [1.165, 1.54) is 0 Å². The Kier molecular flexibility index (Phi) is 3.87. The lowest BCUT2D eigenvalue weighted by molar-refractivity contribution is -0.144. The molecule has 2 unspecified atom stereocenters. The molecule has 0 aliphatic carbocycles. The minimum absolute atomic E-state index is 0.0234. The maximum absolute atomic E-state index is 11.7. The number of nitrogens with zero attached hydrogens (tertiary/aromatic N) is 1. The molecule has 2 atom stereocenters. The first-order valence-corrected chi connectivity index (χ1v) is 6.14. The van der Waals surface area contributed by atoms with E-state index in [1.807, 2.05) is 43.1 Å². The van der Waals surface area contributed by atoms with E-state index < -0.39 is 0 Å². The number of cyclic esters (lactones) is 1. The largest absolute Gasteiger partial charge is 0.497 e. The van der Waals surface area contributed by atoms with Crippen LogP contribution in [-0.4, -0.2) is 37.2 Å². The highest BCUT2D eigenvalue weighted by Gasteiger charge is 2.34. The van der Waals surface area contributed by atoms with Gasteiger partial charge >= 0.3 is 5.97 Å². The SMILES string of the molecule is COc1cccc(CN(C)C2CC(C)OC2=O)c1. The van der Waals surface area contributed by atoms with E-state index in [2.05, 4.69) is 0 Å². The van der Waals surface area contributed by atoms with E-state index in [0.29, 0.717) is 6.54 Å². The zero-order valence-electron chi connectivity index (χ0n) is 11.1. The highest BCUT2D eigenvalue weighted by molar-refractivity contribution is 5.77. The molecule has 4 nitrogen and oxygen atoms in total. The second kappa shape index (κ2) is 5.40. The van der Waals surface area contributed by atoms with E-state index in [9.17, 15) is 4.79 Å². The maximum atomic E-state index is 11.7. The summed E-state index contributed by atoms with van der Waals surface area (Å²) >= 11 is 0. The number of carbonyl (C=O) groups excluding carboxylic acids is 1. The predicted molar refractivity (Wildman–Crippen MR) is 68.4 cm³/mol. The first kappa shape index (κ1) is 12.9. The number of ether oxygens (including phenoxy) is 2. The van der Waals surface area contributed by atoms with Gasteiger partial charge in [0.1, 0.15) is 17.9 Å². The van der Waals surface area contributed by atoms with E-state index in [-0.39, 0.29) is 18.1 Å². The van der Waals surface area contributed by atoms with Crippen molar-refractivity contribution in [3.05, 3.63) is 29.8 Å². The molecular weight excluding hydrogens is 230 g/mol. The third-order valence-electron chi connectivity index (χ3n) is 3.24. The molecule has 1 saturated heterocycles. The molecule has 4 heteroatoms. The summed E-state index contributed by atoms with van der Waals surface area (Å²) in [7, 11) is 3.60. The Labute approximate surface area is 107 Å². The van der Waals surface area contributed by atoms with E-state index in [4.69, 9.17) is 9.47 Å². The van der Waals surface area contributed by atoms with Crippen molar-refractivity contribution in [1.82, 2.24) is 4.90 Å². The van der Waals surface area contributed by atoms with Crippen molar-refractivity contribution in [1.29, 1.82) is 0 Å². The molecule has 98 valence electrons. The van der Waals surface area contributed by atoms with Crippen LogP contribution >= 0.6 is 0 Å². The first-order chi connectivity index (χ1) is 8.60. The van der Waals surface area contributed by atoms with Crippen LogP contribution in [0.5, 0.6) is 5.75 Å². The molecule has 1 fully saturated rings. The lowest BCUT2D eigenvalue weighted by atomic mass is 10.1. The van der Waals surface area contributed by atoms with Gasteiger partial charge < -0.3 is 9.47 Å². The molecule has 1 aromatic rings. The average molecular weight is 249 g/mol. The number of esters is 1. The molecule has 0 saturated carbocycles. The quantitative estimate of drug-likeness (QED) is 0.763. The number of methoxy groups -OCH3 is 1. The zero-order valence-corrected chi connectivity index (χ0v) is 11.1. The summed E-state index contributed by atoms with van der Waals surface area (Å²) in [6, 6.07) is 7.75. The Morgan fingerprint density at radius 1 is 1.50 bits per heavy atom. The maximum Gasteiger partial charge on any atom is 0.323 e. The van der Waals surface area contributed by atoms with E-state index in [1.54, 1.807) is 7.11 Å². The fraction of sp³-hybridized carbons (Fsp3) is 0.500. The standard InChI is InChI=1S/C14H19NO3/c1-10-7-13(14(16)18-10)15(2)9-11-5-4-6-12(8-11)17-3/h4-6,8,10,13H,7,9H2,1-3H3. The van der Waals surface area contributed by atoms with E-state index in [0.717, 1.165) is 17.7 Å². The normalized spacial score (nSPS) is 23.2. The average Bonchev–Trinajstić information content (AvgIpc) is 2.69. The minimum Gasteiger partial charge on any atom is -0.497 e. The summed E-state index contributed by atoms with van der Waals surface area (Å²) < 4.78 is 10.4. The summed E-state index contributed by atoms with van der Waals surface area (Å²) in [4.78, 5) is 13.7. The summed E-state index contributed by atoms with van der Waals surface area (Å²) in [6.07, 6.45) is 0.787. The second-order valence-electron chi connectivity index (χ2n) is 4.77. The number of hydrogen-bond donors (Lipinski definition) is 0. The number of benzene rings is 1. The van der Waals surface area contributed by atoms with Crippen molar-refractivity contribution in [2.45, 2.75) is 32.0 Å². The van der Waals surface area contributed by atoms with Gasteiger partial charge in [-0.05, 0) is 31.7 Å². The minimum atomic E-state index is -0.133. The van der Waals surface area contributed by atoms with Gasteiger partial charge in [0.2, 0.25) is 0 Å². The number of carbonyl (C=O) groups is 1. The number of rotatable bonds is 4. The van der Waals surface area contributed by atoms with Crippen LogP contribution in [-0.2, 0) is 16.1 Å². The Hall–Kier alpha value is -1.55. The van der Waals surface area contributed by atoms with Gasteiger partial charge in [-0.2, -0.15) is 0 Å². The van der Waals surface area contributed by atoms with Crippen LogP contribution in [0.3, 0.4) is 0 Å². The van der Waals surface area contributed by atoms with Crippen LogP contribution in [0, 0.1) is 0 Å². The lowest BCUT2D eigenvalue weighted by Gasteiger charge is -2.21. The van der Waals surface area contributed by atoms with Crippen molar-refractivity contribution in [3.8, 4) is 5.75 Å². The lowest BCUT2D eigenvalue weighted by Crippen LogP contribution is -2.34. The van der Waals surface area contributed by atoms with Gasteiger partial charge in [-0.25, -0.2) is 0 Å². The highest BCUT2D eigenvalue weighted by Crippen LogP contribution is 2.21. The van der Waals surface area contributed by atoms with Crippen molar-refractivity contribution < 1.29 is 14.3 Å². The third-order valence-corrected chi connectivity index (χ3v) is 3.24. The fourth-order valence-electron chi connectivity index (χ4n) is 2.26. The Morgan fingerprint density at radius 3 is 2.89 bits per heavy atom. The van der Waals surface area contributed by atoms with Crippen LogP contribution in [0.25, 0.3) is 0 Å². The molecule has 1 aliphatic rings. The van der Waals surface area contributed by atoms with Crippen LogP contribution < -0.4 is 4.74 Å². The van der Waals surface area contributed by atoms with Gasteiger partial charge in [-0.1, -0.05) is 12.1 Å². The van der Waals surface area contributed by atoms with Gasteiger partial charge in [0.05, 0.1) is 7.11 Å². The highest BCUT2D eigenvalue weighted by atomic mass is 16.6. The van der Waals surface area contributed by atoms with Crippen molar-refractivity contribution >= 4 is 5.97 Å². The van der Waals surface area contributed by atoms with Crippen LogP contribution in [0.2, 0.25) is 0 Å². The molecule has 18 heavy (non-hydrogen) atoms. The molecule has 1 aromatic carbocycles. The molecule has 0 bridgehead atoms. The fourth-order valence-corrected chi connectivity index (χ4v) is 2.26. The summed E-state index contributed by atoms with van der Waals surface area (Å²) in [5, 5.41) is 0. The monoisotopic (exact) mass is 249 g/mol. The van der Waals surface area contributed by atoms with Crippen molar-refractivity contribution in [2.24, 2.45) is 0 Å². The molecule has 0 amide bonds. The number of hydrogen-bond acceptors (Lipinski definition) is 4. The molecular formula is C14H19NO3. The molecule has 0 spiro atoms. The molecule has 0 N–H and O–H groups in total. The first-order valence-electron chi connectivity index (χ1n) is 6.14. The van der Waals surface area contributed by atoms with Crippen LogP contribution in [0.4, 0.5) is 0 Å². The van der Waals surface area contributed by atoms with Crippen molar-refractivity contribution in [2.75, 3.05) is 14.2 Å². The van der Waals surface area contributed by atoms with Gasteiger partial charge in [-0.3, -0.25) is 9.69 Å². The smallest absolute Gasteiger partial charge is 0.323 e. The van der Waals surface area contributed by atoms with Crippen LogP contribution in [0.15, 0.2) is 24.3 Å². The zero-order chi connectivity index (χ0) is 13.1. The summed E-state index contributed by atoms with van der Waals surface area (Å²) in [6.45, 7) is 2.64. The molecule has 1 heterocycles. The topological polar surface area (TPSA) is 38.8 Å². The Balaban J connectivity index is 2.02. The van der Waals surface area contributed by atoms with Gasteiger partial charge in [-0.15, -0.1) is 0 Å². The van der Waals surface area contributed by atoms with E-state index >= 15 is 0 Å². The van der Waals surface area contributed by atoms with Crippen molar-refractivity contribution in [3.63, 3.8) is 0 Å². The Bertz CT molecular complexity index is 433. The molecule has 1 aliphatic heterocycles. The summed E-state index contributed by atoms with van der Waals surface area (Å²) in [5.41, 5.74) is 1.13. The van der Waals surface area contributed by atoms with Gasteiger partial charge in [0, 0.05) is 13.0 Å². The van der Waals surface area contributed by atoms with Gasteiger partial charge in [0.25, 0.3) is 0 Å². The second-order valence-corrected chi connectivity index (χ2v) is 4.77. The third kappa shape index (κ3) is 2.82. The summed E-state index contributed by atoms with van der Waals surface area (Å²) in [5.74, 6) is 0.719. The molecule has 0 radical (unpaired) electrons. The van der Waals surface area contributed by atoms with Crippen LogP contribution in [0.1, 0.15) is 18.9 Å². The molecule has 0 aromatic heterocycles. The molecule has 2 rings (SSSR count). The Morgan fingerprint density at radius 2 is 2.28 bits per heavy atom. The number of likely N-dealkylation sites (N-methyl/N-ethyl adjacent to an activating group) is 1.